The van der Waals surface area contributed by atoms with Crippen molar-refractivity contribution in [3.8, 4) is 11.5 Å². The fourth-order valence-corrected chi connectivity index (χ4v) is 6.76. The molecule has 0 radical (unpaired) electrons. The number of carbonyl (C=O) groups excluding carboxylic acids is 2. The minimum absolute atomic E-state index is 0.0249. The fraction of sp³-hybridized carbons (Fsp3) is 0.278. The first kappa shape index (κ1) is 35.3. The minimum atomic E-state index is -4.31. The van der Waals surface area contributed by atoms with Crippen LogP contribution < -0.4 is 19.1 Å². The van der Waals surface area contributed by atoms with Crippen LogP contribution >= 0.6 is 11.6 Å². The third-order valence-electron chi connectivity index (χ3n) is 7.61. The van der Waals surface area contributed by atoms with Gasteiger partial charge in [-0.05, 0) is 53.9 Å². The lowest BCUT2D eigenvalue weighted by molar-refractivity contribution is -0.140. The summed E-state index contributed by atoms with van der Waals surface area (Å²) in [4.78, 5) is 29.7. The molecule has 0 bridgehead atoms. The molecular weight excluding hydrogens is 638 g/mol. The molecule has 4 rings (SSSR count). The summed E-state index contributed by atoms with van der Waals surface area (Å²) < 4.78 is 40.3. The summed E-state index contributed by atoms with van der Waals surface area (Å²) in [6.45, 7) is 1.93. The normalized spacial score (nSPS) is 11.7. The number of benzene rings is 4. The van der Waals surface area contributed by atoms with Crippen molar-refractivity contribution in [2.75, 3.05) is 31.6 Å². The number of rotatable bonds is 16. The van der Waals surface area contributed by atoms with E-state index in [0.717, 1.165) is 22.7 Å². The molecule has 0 fully saturated rings. The zero-order valence-corrected chi connectivity index (χ0v) is 28.3. The average molecular weight is 678 g/mol. The molecule has 4 aromatic carbocycles. The highest BCUT2D eigenvalue weighted by Crippen LogP contribution is 2.32. The highest BCUT2D eigenvalue weighted by molar-refractivity contribution is 7.92. The van der Waals surface area contributed by atoms with Crippen molar-refractivity contribution in [1.82, 2.24) is 10.2 Å². The van der Waals surface area contributed by atoms with Gasteiger partial charge in [0.1, 0.15) is 12.6 Å². The SMILES string of the molecule is CCCCNC(=O)[C@@H](Cc1ccccc1)N(Cc1cccc(Cl)c1)C(=O)CN(c1ccccc1)S(=O)(=O)c1ccc(OC)c(OC)c1. The zero-order chi connectivity index (χ0) is 33.8. The highest BCUT2D eigenvalue weighted by atomic mass is 35.5. The van der Waals surface area contributed by atoms with E-state index in [4.69, 9.17) is 21.1 Å². The predicted molar refractivity (Wildman–Crippen MR) is 184 cm³/mol. The van der Waals surface area contributed by atoms with E-state index in [-0.39, 0.29) is 35.2 Å². The van der Waals surface area contributed by atoms with E-state index in [1.807, 2.05) is 43.3 Å². The van der Waals surface area contributed by atoms with Gasteiger partial charge in [0.05, 0.1) is 24.8 Å². The van der Waals surface area contributed by atoms with Crippen molar-refractivity contribution >= 4 is 39.1 Å². The Morgan fingerprint density at radius 3 is 2.13 bits per heavy atom. The van der Waals surface area contributed by atoms with E-state index in [2.05, 4.69) is 5.32 Å². The molecule has 47 heavy (non-hydrogen) atoms. The Balaban J connectivity index is 1.79. The number of nitrogens with one attached hydrogen (secondary N) is 1. The number of hydrogen-bond acceptors (Lipinski definition) is 6. The molecule has 0 aliphatic rings. The number of methoxy groups -OCH3 is 2. The zero-order valence-electron chi connectivity index (χ0n) is 26.8. The number of unbranched alkanes of at least 4 members (excludes halogenated alkanes) is 1. The maximum absolute atomic E-state index is 14.5. The van der Waals surface area contributed by atoms with Gasteiger partial charge in [-0.3, -0.25) is 13.9 Å². The van der Waals surface area contributed by atoms with Gasteiger partial charge in [0.25, 0.3) is 10.0 Å². The van der Waals surface area contributed by atoms with Crippen LogP contribution in [0.25, 0.3) is 0 Å². The number of nitrogens with zero attached hydrogens (tertiary/aromatic N) is 2. The lowest BCUT2D eigenvalue weighted by Gasteiger charge is -2.34. The summed E-state index contributed by atoms with van der Waals surface area (Å²) in [6, 6.07) is 28.2. The number of para-hydroxylation sites is 1. The van der Waals surface area contributed by atoms with E-state index in [1.165, 1.54) is 37.3 Å². The molecular formula is C36H40ClN3O6S. The molecule has 0 aliphatic carbocycles. The van der Waals surface area contributed by atoms with Crippen LogP contribution in [0.2, 0.25) is 5.02 Å². The van der Waals surface area contributed by atoms with Gasteiger partial charge in [0.15, 0.2) is 11.5 Å². The first-order valence-corrected chi connectivity index (χ1v) is 17.1. The van der Waals surface area contributed by atoms with E-state index < -0.39 is 28.5 Å². The van der Waals surface area contributed by atoms with Crippen LogP contribution in [0.4, 0.5) is 5.69 Å². The van der Waals surface area contributed by atoms with Crippen LogP contribution in [0.5, 0.6) is 11.5 Å². The van der Waals surface area contributed by atoms with Gasteiger partial charge in [-0.25, -0.2) is 8.42 Å². The third-order valence-corrected chi connectivity index (χ3v) is 9.61. The molecule has 11 heteroatoms. The van der Waals surface area contributed by atoms with Crippen LogP contribution in [0, 0.1) is 0 Å². The number of ether oxygens (including phenoxy) is 2. The second kappa shape index (κ2) is 16.9. The van der Waals surface area contributed by atoms with Gasteiger partial charge >= 0.3 is 0 Å². The van der Waals surface area contributed by atoms with Crippen LogP contribution in [-0.4, -0.2) is 58.5 Å². The third kappa shape index (κ3) is 9.27. The van der Waals surface area contributed by atoms with Crippen LogP contribution in [-0.2, 0) is 32.6 Å². The van der Waals surface area contributed by atoms with Gasteiger partial charge < -0.3 is 19.7 Å². The van der Waals surface area contributed by atoms with E-state index in [9.17, 15) is 18.0 Å². The molecule has 0 unspecified atom stereocenters. The number of halogens is 1. The molecule has 1 N–H and O–H groups in total. The largest absolute Gasteiger partial charge is 0.493 e. The van der Waals surface area contributed by atoms with Crippen molar-refractivity contribution in [1.29, 1.82) is 0 Å². The lowest BCUT2D eigenvalue weighted by atomic mass is 10.0. The Kier molecular flexibility index (Phi) is 12.7. The summed E-state index contributed by atoms with van der Waals surface area (Å²) in [5.41, 5.74) is 1.83. The summed E-state index contributed by atoms with van der Waals surface area (Å²) in [7, 11) is -1.44. The van der Waals surface area contributed by atoms with Gasteiger partial charge in [-0.1, -0.05) is 85.6 Å². The number of sulfonamides is 1. The molecule has 1 atom stereocenters. The first-order valence-electron chi connectivity index (χ1n) is 15.3. The van der Waals surface area contributed by atoms with Crippen LogP contribution in [0.1, 0.15) is 30.9 Å². The summed E-state index contributed by atoms with van der Waals surface area (Å²) in [5, 5.41) is 3.46. The van der Waals surface area contributed by atoms with Crippen LogP contribution in [0.3, 0.4) is 0 Å². The number of carbonyl (C=O) groups is 2. The molecule has 0 aromatic heterocycles. The fourth-order valence-electron chi connectivity index (χ4n) is 5.12. The standard InChI is InChI=1S/C36H40ClN3O6S/c1-4-5-21-38-36(42)32(23-27-13-8-6-9-14-27)39(25-28-15-12-16-29(37)22-28)35(41)26-40(30-17-10-7-11-18-30)47(43,44)31-19-20-33(45-2)34(24-31)46-3/h6-20,22,24,32H,4-5,21,23,25-26H2,1-3H3,(H,38,42)/t32-/m1/s1. The number of amides is 2. The molecule has 0 heterocycles. The molecule has 0 saturated carbocycles. The Morgan fingerprint density at radius 1 is 0.830 bits per heavy atom. The van der Waals surface area contributed by atoms with Gasteiger partial charge in [-0.15, -0.1) is 0 Å². The average Bonchev–Trinajstić information content (AvgIpc) is 3.09. The maximum atomic E-state index is 14.5. The molecule has 248 valence electrons. The molecule has 0 spiro atoms. The Hall–Kier alpha value is -4.54. The Bertz CT molecular complexity index is 1740. The monoisotopic (exact) mass is 677 g/mol. The van der Waals surface area contributed by atoms with E-state index in [0.29, 0.717) is 22.9 Å². The Morgan fingerprint density at radius 2 is 1.49 bits per heavy atom. The van der Waals surface area contributed by atoms with Crippen molar-refractivity contribution in [2.24, 2.45) is 0 Å². The molecule has 2 amide bonds. The van der Waals surface area contributed by atoms with Crippen molar-refractivity contribution in [3.63, 3.8) is 0 Å². The highest BCUT2D eigenvalue weighted by Gasteiger charge is 2.35. The van der Waals surface area contributed by atoms with Crippen molar-refractivity contribution < 1.29 is 27.5 Å². The number of anilines is 1. The minimum Gasteiger partial charge on any atom is -0.493 e. The molecule has 4 aromatic rings. The first-order chi connectivity index (χ1) is 22.7. The van der Waals surface area contributed by atoms with Gasteiger partial charge in [-0.2, -0.15) is 0 Å². The predicted octanol–water partition coefficient (Wildman–Crippen LogP) is 6.11. The maximum Gasteiger partial charge on any atom is 0.264 e. The Labute approximate surface area is 282 Å². The molecule has 9 nitrogen and oxygen atoms in total. The topological polar surface area (TPSA) is 105 Å². The van der Waals surface area contributed by atoms with E-state index >= 15 is 0 Å². The lowest BCUT2D eigenvalue weighted by Crippen LogP contribution is -2.53. The second-order valence-electron chi connectivity index (χ2n) is 10.9. The second-order valence-corrected chi connectivity index (χ2v) is 13.2. The molecule has 0 aliphatic heterocycles. The summed E-state index contributed by atoms with van der Waals surface area (Å²) >= 11 is 6.31. The van der Waals surface area contributed by atoms with Crippen molar-refractivity contribution in [2.45, 2.75) is 43.7 Å². The van der Waals surface area contributed by atoms with Crippen LogP contribution in [0.15, 0.2) is 108 Å². The molecule has 0 saturated heterocycles. The van der Waals surface area contributed by atoms with E-state index in [1.54, 1.807) is 48.5 Å². The number of hydrogen-bond donors (Lipinski definition) is 1. The summed E-state index contributed by atoms with van der Waals surface area (Å²) in [5.74, 6) is -0.308. The summed E-state index contributed by atoms with van der Waals surface area (Å²) in [6.07, 6.45) is 1.88. The quantitative estimate of drug-likeness (QED) is 0.144. The van der Waals surface area contributed by atoms with Gasteiger partial charge in [0, 0.05) is 30.6 Å². The smallest absolute Gasteiger partial charge is 0.264 e. The van der Waals surface area contributed by atoms with Crippen molar-refractivity contribution in [3.05, 3.63) is 119 Å². The van der Waals surface area contributed by atoms with Gasteiger partial charge in [0.2, 0.25) is 11.8 Å².